The van der Waals surface area contributed by atoms with E-state index in [1.165, 1.54) is 12.5 Å². The normalized spacial score (nSPS) is 11.2. The van der Waals surface area contributed by atoms with Gasteiger partial charge in [0.25, 0.3) is 5.91 Å². The van der Waals surface area contributed by atoms with Crippen LogP contribution >= 0.6 is 22.6 Å². The lowest BCUT2D eigenvalue weighted by Gasteiger charge is -2.03. The molecule has 0 saturated carbocycles. The van der Waals surface area contributed by atoms with Crippen LogP contribution in [0.4, 0.5) is 0 Å². The average molecular weight is 460 g/mol. The zero-order chi connectivity index (χ0) is 18.7. The first kappa shape index (κ1) is 18.3. The van der Waals surface area contributed by atoms with Crippen LogP contribution in [0, 0.1) is 10.5 Å². The van der Waals surface area contributed by atoms with Gasteiger partial charge in [0.05, 0.1) is 17.2 Å². The molecule has 3 rings (SSSR count). The van der Waals surface area contributed by atoms with Gasteiger partial charge in [-0.15, -0.1) is 0 Å². The topological polar surface area (TPSA) is 71.7 Å². The number of aryl methyl sites for hydroxylation is 2. The number of nitrogens with zero attached hydrogens (tertiary/aromatic N) is 1. The maximum Gasteiger partial charge on any atom is 0.271 e. The summed E-state index contributed by atoms with van der Waals surface area (Å²) in [6, 6.07) is 10.9. The Hall–Kier alpha value is -2.48. The second kappa shape index (κ2) is 7.82. The Bertz CT molecular complexity index is 1070. The number of amides is 1. The maximum absolute atomic E-state index is 12.6. The van der Waals surface area contributed by atoms with Gasteiger partial charge in [-0.3, -0.25) is 9.59 Å². The summed E-state index contributed by atoms with van der Waals surface area (Å²) in [4.78, 5) is 24.7. The van der Waals surface area contributed by atoms with Crippen molar-refractivity contribution in [2.75, 3.05) is 0 Å². The van der Waals surface area contributed by atoms with Gasteiger partial charge in [0, 0.05) is 9.13 Å². The summed E-state index contributed by atoms with van der Waals surface area (Å²) in [5.41, 5.74) is 5.74. The van der Waals surface area contributed by atoms with Crippen LogP contribution in [0.25, 0.3) is 11.0 Å². The summed E-state index contributed by atoms with van der Waals surface area (Å²) in [5, 5.41) is 4.40. The molecule has 26 heavy (non-hydrogen) atoms. The lowest BCUT2D eigenvalue weighted by atomic mass is 10.1. The van der Waals surface area contributed by atoms with Crippen molar-refractivity contribution in [1.29, 1.82) is 0 Å². The number of fused-ring (bicyclic) bond motifs is 1. The molecule has 0 bridgehead atoms. The van der Waals surface area contributed by atoms with E-state index >= 15 is 0 Å². The molecular weight excluding hydrogens is 443 g/mol. The number of rotatable bonds is 4. The molecular formula is C20H17IN2O3. The molecule has 0 aliphatic rings. The SMILES string of the molecule is CCc1ccc2occ(/C=N/NC(=O)c3ccc(C)c(I)c3)c(=O)c2c1. The Labute approximate surface area is 164 Å². The molecule has 1 aromatic heterocycles. The quantitative estimate of drug-likeness (QED) is 0.363. The monoisotopic (exact) mass is 460 g/mol. The predicted molar refractivity (Wildman–Crippen MR) is 111 cm³/mol. The summed E-state index contributed by atoms with van der Waals surface area (Å²) in [6.07, 6.45) is 3.49. The first-order chi connectivity index (χ1) is 12.5. The van der Waals surface area contributed by atoms with Crippen molar-refractivity contribution in [2.45, 2.75) is 20.3 Å². The van der Waals surface area contributed by atoms with E-state index in [-0.39, 0.29) is 16.9 Å². The van der Waals surface area contributed by atoms with Crippen molar-refractivity contribution in [3.05, 3.63) is 78.7 Å². The molecule has 132 valence electrons. The van der Waals surface area contributed by atoms with Gasteiger partial charge < -0.3 is 4.42 Å². The predicted octanol–water partition coefficient (Wildman–Crippen LogP) is 4.03. The lowest BCUT2D eigenvalue weighted by molar-refractivity contribution is 0.0955. The molecule has 1 amide bonds. The number of carbonyl (C=O) groups excluding carboxylic acids is 1. The smallest absolute Gasteiger partial charge is 0.271 e. The highest BCUT2D eigenvalue weighted by atomic mass is 127. The van der Waals surface area contributed by atoms with E-state index in [1.807, 2.05) is 32.0 Å². The van der Waals surface area contributed by atoms with Gasteiger partial charge in [-0.2, -0.15) is 5.10 Å². The maximum atomic E-state index is 12.6. The molecule has 0 saturated heterocycles. The summed E-state index contributed by atoms with van der Waals surface area (Å²) >= 11 is 2.18. The van der Waals surface area contributed by atoms with Gasteiger partial charge in [0.15, 0.2) is 0 Å². The Morgan fingerprint density at radius 3 is 2.81 bits per heavy atom. The third kappa shape index (κ3) is 3.85. The molecule has 0 spiro atoms. The molecule has 0 unspecified atom stereocenters. The van der Waals surface area contributed by atoms with Gasteiger partial charge in [0.1, 0.15) is 11.8 Å². The molecule has 6 heteroatoms. The summed E-state index contributed by atoms with van der Waals surface area (Å²) < 4.78 is 6.49. The van der Waals surface area contributed by atoms with E-state index < -0.39 is 0 Å². The first-order valence-electron chi connectivity index (χ1n) is 8.13. The lowest BCUT2D eigenvalue weighted by Crippen LogP contribution is -2.18. The fourth-order valence-electron chi connectivity index (χ4n) is 2.46. The standard InChI is InChI=1S/C20H17IN2O3/c1-3-13-5-7-18-16(8-13)19(24)15(11-26-18)10-22-23-20(25)14-6-4-12(2)17(21)9-14/h4-11H,3H2,1-2H3,(H,23,25)/b22-10+. The van der Waals surface area contributed by atoms with E-state index in [0.29, 0.717) is 16.5 Å². The fraction of sp³-hybridized carbons (Fsp3) is 0.150. The van der Waals surface area contributed by atoms with Crippen LogP contribution in [0.15, 0.2) is 57.0 Å². The minimum Gasteiger partial charge on any atom is -0.463 e. The van der Waals surface area contributed by atoms with Crippen LogP contribution in [0.5, 0.6) is 0 Å². The molecule has 0 aliphatic heterocycles. The van der Waals surface area contributed by atoms with Crippen LogP contribution in [0.3, 0.4) is 0 Å². The molecule has 3 aromatic rings. The van der Waals surface area contributed by atoms with E-state index in [1.54, 1.807) is 18.2 Å². The van der Waals surface area contributed by atoms with Crippen LogP contribution in [0.1, 0.15) is 34.0 Å². The minimum atomic E-state index is -0.336. The Balaban J connectivity index is 1.81. The third-order valence-corrected chi connectivity index (χ3v) is 5.24. The number of carbonyl (C=O) groups is 1. The minimum absolute atomic E-state index is 0.176. The number of benzene rings is 2. The highest BCUT2D eigenvalue weighted by Gasteiger charge is 2.08. The third-order valence-electron chi connectivity index (χ3n) is 4.08. The summed E-state index contributed by atoms with van der Waals surface area (Å²) in [6.45, 7) is 4.00. The Kier molecular flexibility index (Phi) is 5.51. The zero-order valence-corrected chi connectivity index (χ0v) is 16.5. The fourth-order valence-corrected chi connectivity index (χ4v) is 2.98. The largest absolute Gasteiger partial charge is 0.463 e. The number of halogens is 1. The van der Waals surface area contributed by atoms with E-state index in [9.17, 15) is 9.59 Å². The molecule has 1 N–H and O–H groups in total. The number of nitrogens with one attached hydrogen (secondary N) is 1. The van der Waals surface area contributed by atoms with Crippen molar-refractivity contribution in [3.8, 4) is 0 Å². The van der Waals surface area contributed by atoms with Gasteiger partial charge >= 0.3 is 0 Å². The second-order valence-corrected chi connectivity index (χ2v) is 7.03. The molecule has 5 nitrogen and oxygen atoms in total. The van der Waals surface area contributed by atoms with Crippen molar-refractivity contribution < 1.29 is 9.21 Å². The molecule has 0 fully saturated rings. The molecule has 0 radical (unpaired) electrons. The first-order valence-corrected chi connectivity index (χ1v) is 9.21. The Morgan fingerprint density at radius 2 is 2.08 bits per heavy atom. The highest BCUT2D eigenvalue weighted by molar-refractivity contribution is 14.1. The summed E-state index contributed by atoms with van der Waals surface area (Å²) in [7, 11) is 0. The molecule has 0 aliphatic carbocycles. The second-order valence-electron chi connectivity index (χ2n) is 5.87. The zero-order valence-electron chi connectivity index (χ0n) is 14.4. The molecule has 1 heterocycles. The van der Waals surface area contributed by atoms with Gasteiger partial charge in [-0.1, -0.05) is 19.1 Å². The van der Waals surface area contributed by atoms with Crippen molar-refractivity contribution in [3.63, 3.8) is 0 Å². The van der Waals surface area contributed by atoms with Crippen molar-refractivity contribution in [2.24, 2.45) is 5.10 Å². The van der Waals surface area contributed by atoms with Gasteiger partial charge in [0.2, 0.25) is 5.43 Å². The number of hydrogen-bond acceptors (Lipinski definition) is 4. The van der Waals surface area contributed by atoms with E-state index in [4.69, 9.17) is 4.42 Å². The van der Waals surface area contributed by atoms with Gasteiger partial charge in [-0.25, -0.2) is 5.43 Å². The summed E-state index contributed by atoms with van der Waals surface area (Å²) in [5.74, 6) is -0.336. The van der Waals surface area contributed by atoms with Crippen LogP contribution in [-0.4, -0.2) is 12.1 Å². The van der Waals surface area contributed by atoms with Gasteiger partial charge in [-0.05, 0) is 71.3 Å². The van der Waals surface area contributed by atoms with Crippen molar-refractivity contribution >= 4 is 45.7 Å². The molecule has 0 atom stereocenters. The van der Waals surface area contributed by atoms with E-state index in [0.717, 1.165) is 21.1 Å². The van der Waals surface area contributed by atoms with E-state index in [2.05, 4.69) is 33.1 Å². The average Bonchev–Trinajstić information content (AvgIpc) is 2.65. The highest BCUT2D eigenvalue weighted by Crippen LogP contribution is 2.14. The number of hydrazone groups is 1. The van der Waals surface area contributed by atoms with Crippen LogP contribution in [0.2, 0.25) is 0 Å². The molecule has 2 aromatic carbocycles. The Morgan fingerprint density at radius 1 is 1.27 bits per heavy atom. The van der Waals surface area contributed by atoms with Crippen LogP contribution in [-0.2, 0) is 6.42 Å². The number of hydrogen-bond donors (Lipinski definition) is 1. The van der Waals surface area contributed by atoms with Crippen molar-refractivity contribution in [1.82, 2.24) is 5.43 Å². The van der Waals surface area contributed by atoms with Crippen LogP contribution < -0.4 is 10.9 Å².